The van der Waals surface area contributed by atoms with E-state index in [1.165, 1.54) is 0 Å². The zero-order valence-electron chi connectivity index (χ0n) is 13.3. The van der Waals surface area contributed by atoms with Gasteiger partial charge in [0.2, 0.25) is 0 Å². The number of halogens is 2. The van der Waals surface area contributed by atoms with Crippen molar-refractivity contribution in [3.63, 3.8) is 0 Å². The molecule has 0 amide bonds. The quantitative estimate of drug-likeness (QED) is 0.311. The molecule has 0 bridgehead atoms. The van der Waals surface area contributed by atoms with Gasteiger partial charge in [-0.1, -0.05) is 26.7 Å². The summed E-state index contributed by atoms with van der Waals surface area (Å²) >= 11 is 11.9. The smallest absolute Gasteiger partial charge is 0.314 e. The minimum absolute atomic E-state index is 0.211. The highest BCUT2D eigenvalue weighted by Crippen LogP contribution is 2.64. The average molecular weight is 357 g/mol. The molecule has 0 heterocycles. The van der Waals surface area contributed by atoms with Gasteiger partial charge in [0.1, 0.15) is 9.75 Å². The van der Waals surface area contributed by atoms with Crippen molar-refractivity contribution in [3.05, 3.63) is 0 Å². The highest BCUT2D eigenvalue weighted by molar-refractivity contribution is 7.63. The maximum atomic E-state index is 12.9. The molecule has 1 aliphatic rings. The summed E-state index contributed by atoms with van der Waals surface area (Å²) in [6.45, 7) is 6.11. The van der Waals surface area contributed by atoms with Crippen molar-refractivity contribution < 1.29 is 14.1 Å². The summed E-state index contributed by atoms with van der Waals surface area (Å²) in [5, 5.41) is 0. The molecule has 0 aromatic heterocycles. The number of hydrogen-bond acceptors (Lipinski definition) is 3. The Balaban J connectivity index is 2.43. The van der Waals surface area contributed by atoms with E-state index in [4.69, 9.17) is 27.9 Å². The Kier molecular flexibility index (Phi) is 7.09. The van der Waals surface area contributed by atoms with Crippen molar-refractivity contribution >= 4 is 36.3 Å². The molecule has 6 heteroatoms. The predicted octanol–water partition coefficient (Wildman–Crippen LogP) is 5.08. The van der Waals surface area contributed by atoms with E-state index in [0.717, 1.165) is 38.0 Å². The lowest BCUT2D eigenvalue weighted by atomic mass is 10.1. The normalized spacial score (nSPS) is 23.9. The summed E-state index contributed by atoms with van der Waals surface area (Å²) in [5.41, 5.74) is -0.799. The first-order valence-corrected chi connectivity index (χ1v) is 10.8. The van der Waals surface area contributed by atoms with Crippen LogP contribution in [-0.2, 0) is 14.1 Å². The highest BCUT2D eigenvalue weighted by Gasteiger charge is 2.69. The van der Waals surface area contributed by atoms with E-state index in [0.29, 0.717) is 12.6 Å². The molecule has 124 valence electrons. The molecule has 3 nitrogen and oxygen atoms in total. The van der Waals surface area contributed by atoms with Gasteiger partial charge < -0.3 is 9.30 Å². The SMILES string of the molecule is CCCCP(=O)(CCCC)CCOC(=O)C1(C)CC1(Cl)Cl. The third-order valence-electron chi connectivity index (χ3n) is 4.28. The molecule has 0 radical (unpaired) electrons. The second kappa shape index (κ2) is 7.70. The lowest BCUT2D eigenvalue weighted by molar-refractivity contribution is -0.148. The van der Waals surface area contributed by atoms with Crippen LogP contribution in [0.1, 0.15) is 52.9 Å². The molecule has 0 saturated heterocycles. The van der Waals surface area contributed by atoms with Gasteiger partial charge in [0.15, 0.2) is 0 Å². The monoisotopic (exact) mass is 356 g/mol. The molecular weight excluding hydrogens is 330 g/mol. The van der Waals surface area contributed by atoms with Crippen molar-refractivity contribution in [2.75, 3.05) is 25.1 Å². The summed E-state index contributed by atoms with van der Waals surface area (Å²) in [4.78, 5) is 12.0. The molecule has 1 aliphatic carbocycles. The molecule has 1 unspecified atom stereocenters. The summed E-state index contributed by atoms with van der Waals surface area (Å²) in [6.07, 6.45) is 6.43. The number of alkyl halides is 2. The van der Waals surface area contributed by atoms with E-state index >= 15 is 0 Å². The van der Waals surface area contributed by atoms with Gasteiger partial charge in [-0.05, 0) is 19.8 Å². The van der Waals surface area contributed by atoms with E-state index < -0.39 is 16.9 Å². The van der Waals surface area contributed by atoms with Crippen LogP contribution in [-0.4, -0.2) is 35.4 Å². The van der Waals surface area contributed by atoms with Gasteiger partial charge in [-0.3, -0.25) is 4.79 Å². The van der Waals surface area contributed by atoms with Crippen molar-refractivity contribution in [2.45, 2.75) is 57.2 Å². The molecule has 0 aromatic rings. The van der Waals surface area contributed by atoms with Crippen LogP contribution in [0.15, 0.2) is 0 Å². The third-order valence-corrected chi connectivity index (χ3v) is 8.64. The topological polar surface area (TPSA) is 43.4 Å². The van der Waals surface area contributed by atoms with E-state index in [9.17, 15) is 9.36 Å². The number of unbranched alkanes of at least 4 members (excludes halogenated alkanes) is 2. The van der Waals surface area contributed by atoms with E-state index in [1.54, 1.807) is 6.92 Å². The van der Waals surface area contributed by atoms with E-state index in [1.807, 2.05) is 0 Å². The Bertz CT molecular complexity index is 400. The van der Waals surface area contributed by atoms with Gasteiger partial charge in [-0.25, -0.2) is 0 Å². The number of carbonyl (C=O) groups excluding carboxylic acids is 1. The van der Waals surface area contributed by atoms with Crippen LogP contribution in [0.2, 0.25) is 0 Å². The van der Waals surface area contributed by atoms with Crippen molar-refractivity contribution in [1.82, 2.24) is 0 Å². The maximum Gasteiger partial charge on any atom is 0.314 e. The van der Waals surface area contributed by atoms with Crippen LogP contribution in [0.5, 0.6) is 0 Å². The molecule has 1 atom stereocenters. The molecule has 21 heavy (non-hydrogen) atoms. The fourth-order valence-corrected chi connectivity index (χ4v) is 5.88. The molecule has 0 aliphatic heterocycles. The Morgan fingerprint density at radius 2 is 1.62 bits per heavy atom. The highest BCUT2D eigenvalue weighted by atomic mass is 35.5. The van der Waals surface area contributed by atoms with Crippen molar-refractivity contribution in [1.29, 1.82) is 0 Å². The Morgan fingerprint density at radius 1 is 1.14 bits per heavy atom. The minimum atomic E-state index is -2.22. The van der Waals surface area contributed by atoms with E-state index in [-0.39, 0.29) is 12.6 Å². The van der Waals surface area contributed by atoms with Crippen LogP contribution in [0.4, 0.5) is 0 Å². The summed E-state index contributed by atoms with van der Waals surface area (Å²) in [5.74, 6) is -0.370. The summed E-state index contributed by atoms with van der Waals surface area (Å²) in [6, 6.07) is 0. The number of esters is 1. The first-order chi connectivity index (χ1) is 9.71. The van der Waals surface area contributed by atoms with Gasteiger partial charge >= 0.3 is 5.97 Å². The molecule has 1 saturated carbocycles. The molecular formula is C15H27Cl2O3P. The largest absolute Gasteiger partial charge is 0.465 e. The second-order valence-electron chi connectivity index (χ2n) is 6.29. The van der Waals surface area contributed by atoms with Gasteiger partial charge in [-0.15, -0.1) is 23.2 Å². The van der Waals surface area contributed by atoms with Crippen LogP contribution in [0, 0.1) is 5.41 Å². The number of hydrogen-bond donors (Lipinski definition) is 0. The zero-order valence-corrected chi connectivity index (χ0v) is 15.7. The second-order valence-corrected chi connectivity index (χ2v) is 11.2. The number of ether oxygens (including phenoxy) is 1. The molecule has 1 rings (SSSR count). The molecule has 1 fully saturated rings. The predicted molar refractivity (Wildman–Crippen MR) is 90.1 cm³/mol. The van der Waals surface area contributed by atoms with Crippen LogP contribution < -0.4 is 0 Å². The Hall–Kier alpha value is 0.280. The van der Waals surface area contributed by atoms with Gasteiger partial charge in [0, 0.05) is 24.9 Å². The Morgan fingerprint density at radius 3 is 2.00 bits per heavy atom. The lowest BCUT2D eigenvalue weighted by Crippen LogP contribution is -2.23. The first kappa shape index (κ1) is 19.3. The van der Waals surface area contributed by atoms with Gasteiger partial charge in [0.05, 0.1) is 13.7 Å². The molecule has 0 aromatic carbocycles. The molecule has 0 N–H and O–H groups in total. The van der Waals surface area contributed by atoms with Crippen LogP contribution in [0.25, 0.3) is 0 Å². The summed E-state index contributed by atoms with van der Waals surface area (Å²) in [7, 11) is -2.22. The molecule has 0 spiro atoms. The number of rotatable bonds is 10. The van der Waals surface area contributed by atoms with Gasteiger partial charge in [-0.2, -0.15) is 0 Å². The first-order valence-electron chi connectivity index (χ1n) is 7.83. The van der Waals surface area contributed by atoms with Crippen LogP contribution >= 0.6 is 30.3 Å². The van der Waals surface area contributed by atoms with Gasteiger partial charge in [0.25, 0.3) is 0 Å². The average Bonchev–Trinajstić information content (AvgIpc) is 2.94. The number of carbonyl (C=O) groups is 1. The third kappa shape index (κ3) is 5.15. The van der Waals surface area contributed by atoms with Crippen molar-refractivity contribution in [2.24, 2.45) is 5.41 Å². The minimum Gasteiger partial charge on any atom is -0.465 e. The van der Waals surface area contributed by atoms with Crippen LogP contribution in [0.3, 0.4) is 0 Å². The van der Waals surface area contributed by atoms with Crippen molar-refractivity contribution in [3.8, 4) is 0 Å². The lowest BCUT2D eigenvalue weighted by Gasteiger charge is -2.19. The zero-order chi connectivity index (χ0) is 16.1. The summed E-state index contributed by atoms with van der Waals surface area (Å²) < 4.78 is 17.1. The van der Waals surface area contributed by atoms with E-state index in [2.05, 4.69) is 13.8 Å². The fraction of sp³-hybridized carbons (Fsp3) is 0.933. The standard InChI is InChI=1S/C15H27Cl2O3P/c1-4-6-9-21(19,10-7-5-2)11-8-20-13(18)14(3)12-15(14,16)17/h4-12H2,1-3H3. The maximum absolute atomic E-state index is 12.9. The fourth-order valence-electron chi connectivity index (χ4n) is 2.31. The Labute approximate surface area is 138 Å².